The number of nitrogens with one attached hydrogen (secondary N) is 1. The van der Waals surface area contributed by atoms with Gasteiger partial charge < -0.3 is 15.3 Å². The zero-order valence-electron chi connectivity index (χ0n) is 13.0. The molecule has 2 aliphatic rings. The van der Waals surface area contributed by atoms with E-state index in [1.165, 1.54) is 32.2 Å². The maximum Gasteiger partial charge on any atom is 0.323 e. The first-order chi connectivity index (χ1) is 9.61. The highest BCUT2D eigenvalue weighted by Gasteiger charge is 2.37. The molecule has 2 aliphatic carbocycles. The lowest BCUT2D eigenvalue weighted by Crippen LogP contribution is -2.52. The van der Waals surface area contributed by atoms with Crippen LogP contribution in [-0.2, 0) is 4.79 Å². The van der Waals surface area contributed by atoms with Crippen molar-refractivity contribution in [2.75, 3.05) is 19.6 Å². The van der Waals surface area contributed by atoms with Gasteiger partial charge in [0.2, 0.25) is 0 Å². The van der Waals surface area contributed by atoms with Crippen LogP contribution < -0.4 is 5.32 Å². The van der Waals surface area contributed by atoms with E-state index in [0.717, 1.165) is 31.3 Å². The third-order valence-electron chi connectivity index (χ3n) is 4.83. The van der Waals surface area contributed by atoms with Gasteiger partial charge in [-0.1, -0.05) is 13.8 Å². The predicted octanol–water partition coefficient (Wildman–Crippen LogP) is 2.48. The Morgan fingerprint density at radius 2 is 2.00 bits per heavy atom. The zero-order chi connectivity index (χ0) is 14.6. The minimum atomic E-state index is -0.719. The van der Waals surface area contributed by atoms with Crippen molar-refractivity contribution in [3.63, 3.8) is 0 Å². The fraction of sp³-hybridized carbons (Fsp3) is 0.938. The molecule has 2 rings (SSSR count). The molecule has 0 saturated heterocycles. The maximum atomic E-state index is 11.6. The van der Waals surface area contributed by atoms with Crippen molar-refractivity contribution >= 4 is 5.97 Å². The number of hydrogen-bond acceptors (Lipinski definition) is 3. The molecule has 0 heterocycles. The van der Waals surface area contributed by atoms with Crippen LogP contribution in [0.1, 0.15) is 58.8 Å². The van der Waals surface area contributed by atoms with E-state index >= 15 is 0 Å². The van der Waals surface area contributed by atoms with Crippen molar-refractivity contribution in [3.05, 3.63) is 0 Å². The molecule has 0 spiro atoms. The van der Waals surface area contributed by atoms with E-state index in [4.69, 9.17) is 0 Å². The van der Waals surface area contributed by atoms with E-state index in [-0.39, 0.29) is 0 Å². The number of aliphatic carboxylic acids is 1. The van der Waals surface area contributed by atoms with E-state index in [2.05, 4.69) is 10.2 Å². The smallest absolute Gasteiger partial charge is 0.323 e. The molecule has 0 radical (unpaired) electrons. The molecule has 0 amide bonds. The molecule has 1 atom stereocenters. The van der Waals surface area contributed by atoms with Gasteiger partial charge in [0, 0.05) is 12.6 Å². The minimum absolute atomic E-state index is 0.655. The van der Waals surface area contributed by atoms with Crippen LogP contribution in [0.4, 0.5) is 0 Å². The summed E-state index contributed by atoms with van der Waals surface area (Å²) in [4.78, 5) is 14.2. The summed E-state index contributed by atoms with van der Waals surface area (Å²) in [5, 5.41) is 12.7. The Morgan fingerprint density at radius 3 is 2.45 bits per heavy atom. The van der Waals surface area contributed by atoms with Crippen molar-refractivity contribution in [1.29, 1.82) is 0 Å². The fourth-order valence-electron chi connectivity index (χ4n) is 3.14. The maximum absolute atomic E-state index is 11.6. The van der Waals surface area contributed by atoms with Gasteiger partial charge in [0.05, 0.1) is 0 Å². The van der Waals surface area contributed by atoms with Crippen LogP contribution in [0.5, 0.6) is 0 Å². The molecule has 0 aromatic rings. The second-order valence-electron chi connectivity index (χ2n) is 6.54. The van der Waals surface area contributed by atoms with Crippen molar-refractivity contribution in [1.82, 2.24) is 10.2 Å². The Hall–Kier alpha value is -0.610. The summed E-state index contributed by atoms with van der Waals surface area (Å²) in [6.45, 7) is 6.99. The highest BCUT2D eigenvalue weighted by atomic mass is 16.4. The molecule has 0 aliphatic heterocycles. The first kappa shape index (κ1) is 15.8. The lowest BCUT2D eigenvalue weighted by Gasteiger charge is -2.30. The molecule has 1 unspecified atom stereocenters. The summed E-state index contributed by atoms with van der Waals surface area (Å²) >= 11 is 0. The molecule has 116 valence electrons. The van der Waals surface area contributed by atoms with Crippen LogP contribution in [0.25, 0.3) is 0 Å². The molecule has 4 heteroatoms. The molecule has 4 nitrogen and oxygen atoms in total. The predicted molar refractivity (Wildman–Crippen MR) is 80.9 cm³/mol. The van der Waals surface area contributed by atoms with Crippen LogP contribution in [-0.4, -0.2) is 47.2 Å². The Balaban J connectivity index is 1.79. The normalized spacial score (nSPS) is 21.9. The Morgan fingerprint density at radius 1 is 1.30 bits per heavy atom. The quantitative estimate of drug-likeness (QED) is 0.611. The summed E-state index contributed by atoms with van der Waals surface area (Å²) in [5.74, 6) is 0.238. The SMILES string of the molecule is CCNC(CC)(CCCN(CC1CC1)C1CC1)C(=O)O. The number of carbonyl (C=O) groups is 1. The van der Waals surface area contributed by atoms with Gasteiger partial charge in [-0.25, -0.2) is 0 Å². The van der Waals surface area contributed by atoms with Crippen molar-refractivity contribution in [3.8, 4) is 0 Å². The number of rotatable bonds is 11. The van der Waals surface area contributed by atoms with Gasteiger partial charge in [-0.2, -0.15) is 0 Å². The first-order valence-electron chi connectivity index (χ1n) is 8.33. The van der Waals surface area contributed by atoms with Crippen molar-refractivity contribution in [2.24, 2.45) is 5.92 Å². The number of carboxylic acids is 1. The van der Waals surface area contributed by atoms with E-state index in [0.29, 0.717) is 13.0 Å². The van der Waals surface area contributed by atoms with Crippen LogP contribution in [0.2, 0.25) is 0 Å². The van der Waals surface area contributed by atoms with Crippen LogP contribution in [0.15, 0.2) is 0 Å². The van der Waals surface area contributed by atoms with Crippen LogP contribution >= 0.6 is 0 Å². The summed E-state index contributed by atoms with van der Waals surface area (Å²) in [6.07, 6.45) is 7.86. The van der Waals surface area contributed by atoms with Gasteiger partial charge >= 0.3 is 5.97 Å². The second-order valence-corrected chi connectivity index (χ2v) is 6.54. The molecule has 2 saturated carbocycles. The second kappa shape index (κ2) is 6.90. The van der Waals surface area contributed by atoms with E-state index in [1.807, 2.05) is 13.8 Å². The van der Waals surface area contributed by atoms with Crippen molar-refractivity contribution in [2.45, 2.75) is 70.4 Å². The zero-order valence-corrected chi connectivity index (χ0v) is 13.0. The van der Waals surface area contributed by atoms with E-state index in [9.17, 15) is 9.90 Å². The molecule has 0 aromatic heterocycles. The molecule has 2 N–H and O–H groups in total. The monoisotopic (exact) mass is 282 g/mol. The van der Waals surface area contributed by atoms with Gasteiger partial charge in [-0.3, -0.25) is 4.79 Å². The Kier molecular flexibility index (Phi) is 5.44. The van der Waals surface area contributed by atoms with Crippen LogP contribution in [0, 0.1) is 5.92 Å². The summed E-state index contributed by atoms with van der Waals surface area (Å²) in [6, 6.07) is 0.801. The third kappa shape index (κ3) is 4.19. The largest absolute Gasteiger partial charge is 0.480 e. The topological polar surface area (TPSA) is 52.6 Å². The Labute approximate surface area is 122 Å². The van der Waals surface area contributed by atoms with Gasteiger partial charge in [-0.05, 0) is 64.0 Å². The Bertz CT molecular complexity index is 326. The third-order valence-corrected chi connectivity index (χ3v) is 4.83. The first-order valence-corrected chi connectivity index (χ1v) is 8.33. The number of nitrogens with zero attached hydrogens (tertiary/aromatic N) is 1. The highest BCUT2D eigenvalue weighted by molar-refractivity contribution is 5.78. The standard InChI is InChI=1S/C16H30N2O2/c1-3-16(15(19)20,17-4-2)10-5-11-18(14-8-9-14)12-13-6-7-13/h13-14,17H,3-12H2,1-2H3,(H,19,20). The van der Waals surface area contributed by atoms with Crippen molar-refractivity contribution < 1.29 is 9.90 Å². The summed E-state index contributed by atoms with van der Waals surface area (Å²) in [7, 11) is 0. The fourth-order valence-corrected chi connectivity index (χ4v) is 3.14. The van der Waals surface area contributed by atoms with Gasteiger partial charge in [0.25, 0.3) is 0 Å². The molecular formula is C16H30N2O2. The summed E-state index contributed by atoms with van der Waals surface area (Å²) in [5.41, 5.74) is -0.719. The molecule has 2 fully saturated rings. The number of carboxylic acid groups (broad SMARTS) is 1. The van der Waals surface area contributed by atoms with E-state index < -0.39 is 11.5 Å². The molecule has 20 heavy (non-hydrogen) atoms. The van der Waals surface area contributed by atoms with Gasteiger partial charge in [0.15, 0.2) is 0 Å². The minimum Gasteiger partial charge on any atom is -0.480 e. The van der Waals surface area contributed by atoms with Gasteiger partial charge in [-0.15, -0.1) is 0 Å². The van der Waals surface area contributed by atoms with Crippen LogP contribution in [0.3, 0.4) is 0 Å². The average molecular weight is 282 g/mol. The van der Waals surface area contributed by atoms with E-state index in [1.54, 1.807) is 0 Å². The number of hydrogen-bond donors (Lipinski definition) is 2. The number of likely N-dealkylation sites (N-methyl/N-ethyl adjacent to an activating group) is 1. The molecule has 0 aromatic carbocycles. The lowest BCUT2D eigenvalue weighted by molar-refractivity contribution is -0.145. The highest BCUT2D eigenvalue weighted by Crippen LogP contribution is 2.35. The lowest BCUT2D eigenvalue weighted by atomic mass is 9.90. The summed E-state index contributed by atoms with van der Waals surface area (Å²) < 4.78 is 0. The molecule has 0 bridgehead atoms. The molecular weight excluding hydrogens is 252 g/mol. The van der Waals surface area contributed by atoms with Gasteiger partial charge in [0.1, 0.15) is 5.54 Å². The average Bonchev–Trinajstić information content (AvgIpc) is 3.28.